The Labute approximate surface area is 135 Å². The minimum atomic E-state index is 0.591. The van der Waals surface area contributed by atoms with Crippen molar-refractivity contribution in [3.05, 3.63) is 48.0 Å². The van der Waals surface area contributed by atoms with Gasteiger partial charge in [0.2, 0.25) is 0 Å². The smallest absolute Gasteiger partial charge is 0.181 e. The van der Waals surface area contributed by atoms with Gasteiger partial charge < -0.3 is 9.47 Å². The number of rotatable bonds is 5. The van der Waals surface area contributed by atoms with Crippen LogP contribution in [0.4, 0.5) is 0 Å². The quantitative estimate of drug-likeness (QED) is 0.777. The zero-order valence-corrected chi connectivity index (χ0v) is 13.5. The molecule has 1 heterocycles. The maximum atomic E-state index is 5.54. The van der Waals surface area contributed by atoms with Gasteiger partial charge in [-0.3, -0.25) is 5.10 Å². The molecule has 0 aliphatic heterocycles. The normalized spacial score (nSPS) is 10.6. The third-order valence-corrected chi connectivity index (χ3v) is 3.61. The largest absolute Gasteiger partial charge is 0.493 e. The average Bonchev–Trinajstić information content (AvgIpc) is 3.05. The number of nitrogens with one attached hydrogen (secondary N) is 1. The van der Waals surface area contributed by atoms with Gasteiger partial charge in [0.25, 0.3) is 0 Å². The Morgan fingerprint density at radius 1 is 1.09 bits per heavy atom. The van der Waals surface area contributed by atoms with Crippen LogP contribution in [0.2, 0.25) is 0 Å². The van der Waals surface area contributed by atoms with Crippen molar-refractivity contribution in [3.63, 3.8) is 0 Å². The van der Waals surface area contributed by atoms with Gasteiger partial charge in [-0.05, 0) is 37.6 Å². The van der Waals surface area contributed by atoms with E-state index in [0.717, 1.165) is 22.5 Å². The fraction of sp³-hybridized carbons (Fsp3) is 0.222. The van der Waals surface area contributed by atoms with Crippen LogP contribution >= 0.6 is 0 Å². The molecule has 5 nitrogen and oxygen atoms in total. The summed E-state index contributed by atoms with van der Waals surface area (Å²) in [6.07, 6.45) is 0. The zero-order chi connectivity index (χ0) is 16.2. The summed E-state index contributed by atoms with van der Waals surface area (Å²) in [6.45, 7) is 4.59. The lowest BCUT2D eigenvalue weighted by Crippen LogP contribution is -1.95. The SMILES string of the molecule is CCOc1ccc(-c2n[nH]c(-c3ccccc3C)n2)cc1OC. The molecule has 1 aromatic heterocycles. The summed E-state index contributed by atoms with van der Waals surface area (Å²) in [4.78, 5) is 4.60. The number of aromatic nitrogens is 3. The molecule has 0 spiro atoms. The lowest BCUT2D eigenvalue weighted by Gasteiger charge is -2.09. The van der Waals surface area contributed by atoms with Crippen molar-refractivity contribution in [2.75, 3.05) is 13.7 Å². The molecule has 0 bridgehead atoms. The maximum absolute atomic E-state index is 5.54. The molecule has 118 valence electrons. The first kappa shape index (κ1) is 15.1. The van der Waals surface area contributed by atoms with E-state index in [4.69, 9.17) is 9.47 Å². The van der Waals surface area contributed by atoms with Crippen LogP contribution in [0, 0.1) is 6.92 Å². The molecule has 0 aliphatic rings. The van der Waals surface area contributed by atoms with E-state index in [2.05, 4.69) is 28.2 Å². The van der Waals surface area contributed by atoms with Crippen molar-refractivity contribution in [2.24, 2.45) is 0 Å². The Morgan fingerprint density at radius 2 is 1.91 bits per heavy atom. The van der Waals surface area contributed by atoms with Gasteiger partial charge in [0.05, 0.1) is 13.7 Å². The number of aryl methyl sites for hydroxylation is 1. The van der Waals surface area contributed by atoms with Crippen LogP contribution in [0.1, 0.15) is 12.5 Å². The highest BCUT2D eigenvalue weighted by atomic mass is 16.5. The topological polar surface area (TPSA) is 60.0 Å². The number of H-pyrrole nitrogens is 1. The molecule has 3 aromatic rings. The van der Waals surface area contributed by atoms with E-state index < -0.39 is 0 Å². The van der Waals surface area contributed by atoms with Gasteiger partial charge in [0.1, 0.15) is 0 Å². The molecule has 0 atom stereocenters. The number of hydrogen-bond donors (Lipinski definition) is 1. The third-order valence-electron chi connectivity index (χ3n) is 3.61. The molecule has 1 N–H and O–H groups in total. The van der Waals surface area contributed by atoms with E-state index in [0.29, 0.717) is 23.9 Å². The Balaban J connectivity index is 1.96. The molecular formula is C18H19N3O2. The maximum Gasteiger partial charge on any atom is 0.181 e. The number of nitrogens with zero attached hydrogens (tertiary/aromatic N) is 2. The van der Waals surface area contributed by atoms with Gasteiger partial charge >= 0.3 is 0 Å². The highest BCUT2D eigenvalue weighted by Crippen LogP contribution is 2.32. The highest BCUT2D eigenvalue weighted by Gasteiger charge is 2.12. The molecule has 0 unspecified atom stereocenters. The first-order chi connectivity index (χ1) is 11.2. The van der Waals surface area contributed by atoms with Crippen LogP contribution in [0.5, 0.6) is 11.5 Å². The van der Waals surface area contributed by atoms with Crippen molar-refractivity contribution in [1.82, 2.24) is 15.2 Å². The molecule has 0 saturated carbocycles. The van der Waals surface area contributed by atoms with Gasteiger partial charge in [-0.1, -0.05) is 24.3 Å². The van der Waals surface area contributed by atoms with Crippen LogP contribution in [-0.2, 0) is 0 Å². The number of hydrogen-bond acceptors (Lipinski definition) is 4. The third kappa shape index (κ3) is 3.04. The molecular weight excluding hydrogens is 290 g/mol. The fourth-order valence-electron chi connectivity index (χ4n) is 2.43. The Bertz CT molecular complexity index is 812. The summed E-state index contributed by atoms with van der Waals surface area (Å²) in [6, 6.07) is 13.8. The first-order valence-corrected chi connectivity index (χ1v) is 7.52. The number of benzene rings is 2. The van der Waals surface area contributed by atoms with E-state index in [1.165, 1.54) is 0 Å². The summed E-state index contributed by atoms with van der Waals surface area (Å²) in [5.41, 5.74) is 3.07. The van der Waals surface area contributed by atoms with Gasteiger partial charge in [0.15, 0.2) is 23.1 Å². The summed E-state index contributed by atoms with van der Waals surface area (Å²) in [5, 5.41) is 7.33. The van der Waals surface area contributed by atoms with Crippen LogP contribution in [-0.4, -0.2) is 28.9 Å². The van der Waals surface area contributed by atoms with Crippen LogP contribution < -0.4 is 9.47 Å². The summed E-state index contributed by atoms with van der Waals surface area (Å²) in [7, 11) is 1.62. The van der Waals surface area contributed by atoms with Gasteiger partial charge in [0, 0.05) is 11.1 Å². The van der Waals surface area contributed by atoms with E-state index in [1.807, 2.05) is 43.3 Å². The molecule has 5 heteroatoms. The molecule has 0 fully saturated rings. The van der Waals surface area contributed by atoms with Crippen molar-refractivity contribution < 1.29 is 9.47 Å². The molecule has 0 amide bonds. The van der Waals surface area contributed by atoms with E-state index in [1.54, 1.807) is 7.11 Å². The minimum absolute atomic E-state index is 0.591. The predicted molar refractivity (Wildman–Crippen MR) is 89.7 cm³/mol. The number of ether oxygens (including phenoxy) is 2. The molecule has 0 aliphatic carbocycles. The van der Waals surface area contributed by atoms with Crippen molar-refractivity contribution in [2.45, 2.75) is 13.8 Å². The predicted octanol–water partition coefficient (Wildman–Crippen LogP) is 3.85. The van der Waals surface area contributed by atoms with Crippen molar-refractivity contribution >= 4 is 0 Å². The number of methoxy groups -OCH3 is 1. The van der Waals surface area contributed by atoms with Crippen LogP contribution in [0.3, 0.4) is 0 Å². The molecule has 2 aromatic carbocycles. The monoisotopic (exact) mass is 309 g/mol. The second kappa shape index (κ2) is 6.52. The highest BCUT2D eigenvalue weighted by molar-refractivity contribution is 5.65. The molecule has 3 rings (SSSR count). The average molecular weight is 309 g/mol. The fourth-order valence-corrected chi connectivity index (χ4v) is 2.43. The molecule has 0 saturated heterocycles. The minimum Gasteiger partial charge on any atom is -0.493 e. The molecule has 23 heavy (non-hydrogen) atoms. The second-order valence-corrected chi connectivity index (χ2v) is 5.12. The summed E-state index contributed by atoms with van der Waals surface area (Å²) < 4.78 is 10.9. The standard InChI is InChI=1S/C18H19N3O2/c1-4-23-15-10-9-13(11-16(15)22-3)17-19-18(21-20-17)14-8-6-5-7-12(14)2/h5-11H,4H2,1-3H3,(H,19,20,21). The molecule has 0 radical (unpaired) electrons. The lowest BCUT2D eigenvalue weighted by atomic mass is 10.1. The van der Waals surface area contributed by atoms with Crippen molar-refractivity contribution in [3.8, 4) is 34.3 Å². The van der Waals surface area contributed by atoms with E-state index >= 15 is 0 Å². The Morgan fingerprint density at radius 3 is 2.65 bits per heavy atom. The zero-order valence-electron chi connectivity index (χ0n) is 13.5. The van der Waals surface area contributed by atoms with Gasteiger partial charge in [-0.25, -0.2) is 4.98 Å². The Hall–Kier alpha value is -2.82. The van der Waals surface area contributed by atoms with Gasteiger partial charge in [-0.15, -0.1) is 0 Å². The summed E-state index contributed by atoms with van der Waals surface area (Å²) in [5.74, 6) is 2.77. The lowest BCUT2D eigenvalue weighted by molar-refractivity contribution is 0.311. The second-order valence-electron chi connectivity index (χ2n) is 5.12. The first-order valence-electron chi connectivity index (χ1n) is 7.52. The van der Waals surface area contributed by atoms with Crippen LogP contribution in [0.25, 0.3) is 22.8 Å². The van der Waals surface area contributed by atoms with Gasteiger partial charge in [-0.2, -0.15) is 5.10 Å². The number of aromatic amines is 1. The van der Waals surface area contributed by atoms with E-state index in [-0.39, 0.29) is 0 Å². The van der Waals surface area contributed by atoms with E-state index in [9.17, 15) is 0 Å². The summed E-state index contributed by atoms with van der Waals surface area (Å²) >= 11 is 0. The Kier molecular flexibility index (Phi) is 4.28. The van der Waals surface area contributed by atoms with Crippen molar-refractivity contribution in [1.29, 1.82) is 0 Å². The van der Waals surface area contributed by atoms with Crippen LogP contribution in [0.15, 0.2) is 42.5 Å².